The van der Waals surface area contributed by atoms with Crippen molar-refractivity contribution in [3.8, 4) is 0 Å². The van der Waals surface area contributed by atoms with Crippen LogP contribution in [0, 0.1) is 0 Å². The number of hydrogen-bond acceptors (Lipinski definition) is 4. The molecule has 1 saturated heterocycles. The van der Waals surface area contributed by atoms with Gasteiger partial charge in [-0.15, -0.1) is 0 Å². The topological polar surface area (TPSA) is 67.4 Å². The van der Waals surface area contributed by atoms with E-state index in [1.165, 1.54) is 0 Å². The molecule has 3 aromatic rings. The smallest absolute Gasteiger partial charge is 0.239 e. The molecular formula is C21H24ClN5O. The third-order valence-electron chi connectivity index (χ3n) is 5.37. The highest BCUT2D eigenvalue weighted by Crippen LogP contribution is 2.23. The molecule has 1 amide bonds. The Morgan fingerprint density at radius 3 is 2.57 bits per heavy atom. The van der Waals surface area contributed by atoms with Crippen LogP contribution in [-0.2, 0) is 18.3 Å². The molecule has 2 aromatic carbocycles. The summed E-state index contributed by atoms with van der Waals surface area (Å²) in [6.45, 7) is 2.95. The maximum atomic E-state index is 12.7. The minimum Gasteiger partial charge on any atom is -0.368 e. The van der Waals surface area contributed by atoms with Crippen molar-refractivity contribution in [1.29, 1.82) is 0 Å². The first-order chi connectivity index (χ1) is 13.5. The average Bonchev–Trinajstić information content (AvgIpc) is 3.09. The summed E-state index contributed by atoms with van der Waals surface area (Å²) in [6, 6.07) is 13.3. The van der Waals surface area contributed by atoms with E-state index in [1.54, 1.807) is 0 Å². The number of amides is 1. The lowest BCUT2D eigenvalue weighted by Crippen LogP contribution is -2.53. The summed E-state index contributed by atoms with van der Waals surface area (Å²) in [4.78, 5) is 16.9. The molecule has 28 heavy (non-hydrogen) atoms. The SMILES string of the molecule is Cn1ncc2cc(N3CCN(C(=O)C(N)Cc4ccc(Cl)cc4)CC3)ccc21. The molecule has 6 nitrogen and oxygen atoms in total. The van der Waals surface area contributed by atoms with E-state index in [0.717, 1.165) is 35.2 Å². The number of nitrogens with zero attached hydrogens (tertiary/aromatic N) is 4. The number of aryl methyl sites for hydroxylation is 1. The van der Waals surface area contributed by atoms with Crippen molar-refractivity contribution >= 4 is 34.1 Å². The van der Waals surface area contributed by atoms with E-state index < -0.39 is 6.04 Å². The fraction of sp³-hybridized carbons (Fsp3) is 0.333. The number of piperazine rings is 1. The number of benzene rings is 2. The molecule has 1 unspecified atom stereocenters. The first kappa shape index (κ1) is 18.8. The standard InChI is InChI=1S/C21H24ClN5O/c1-25-20-7-6-18(13-16(20)14-24-25)26-8-10-27(11-9-26)21(28)19(23)12-15-2-4-17(22)5-3-15/h2-7,13-14,19H,8-12,23H2,1H3. The molecule has 2 N–H and O–H groups in total. The molecule has 0 saturated carbocycles. The predicted octanol–water partition coefficient (Wildman–Crippen LogP) is 2.45. The molecule has 0 aliphatic carbocycles. The number of halogens is 1. The van der Waals surface area contributed by atoms with Crippen LogP contribution in [-0.4, -0.2) is 52.8 Å². The maximum Gasteiger partial charge on any atom is 0.239 e. The molecule has 2 heterocycles. The summed E-state index contributed by atoms with van der Waals surface area (Å²) in [5, 5.41) is 6.11. The van der Waals surface area contributed by atoms with Crippen LogP contribution in [0.5, 0.6) is 0 Å². The Morgan fingerprint density at radius 1 is 1.14 bits per heavy atom. The molecule has 1 aliphatic heterocycles. The fourth-order valence-electron chi connectivity index (χ4n) is 3.73. The van der Waals surface area contributed by atoms with Gasteiger partial charge in [-0.3, -0.25) is 9.48 Å². The lowest BCUT2D eigenvalue weighted by atomic mass is 10.1. The molecule has 0 radical (unpaired) electrons. The Balaban J connectivity index is 1.35. The van der Waals surface area contributed by atoms with Crippen LogP contribution in [0.15, 0.2) is 48.7 Å². The van der Waals surface area contributed by atoms with Crippen molar-refractivity contribution in [1.82, 2.24) is 14.7 Å². The Morgan fingerprint density at radius 2 is 1.86 bits per heavy atom. The Kier molecular flexibility index (Phi) is 5.24. The van der Waals surface area contributed by atoms with Gasteiger partial charge >= 0.3 is 0 Å². The van der Waals surface area contributed by atoms with Crippen LogP contribution in [0.25, 0.3) is 10.9 Å². The largest absolute Gasteiger partial charge is 0.368 e. The van der Waals surface area contributed by atoms with Gasteiger partial charge in [0, 0.05) is 49.3 Å². The Hall–Kier alpha value is -2.57. The summed E-state index contributed by atoms with van der Waals surface area (Å²) in [5.74, 6) is 0.0114. The van der Waals surface area contributed by atoms with Gasteiger partial charge in [-0.05, 0) is 42.3 Å². The third kappa shape index (κ3) is 3.84. The van der Waals surface area contributed by atoms with E-state index >= 15 is 0 Å². The second-order valence-corrected chi connectivity index (χ2v) is 7.70. The van der Waals surface area contributed by atoms with Gasteiger partial charge in [0.15, 0.2) is 0 Å². The van der Waals surface area contributed by atoms with E-state index in [2.05, 4.69) is 28.2 Å². The van der Waals surface area contributed by atoms with Gasteiger partial charge in [-0.1, -0.05) is 23.7 Å². The van der Waals surface area contributed by atoms with Gasteiger partial charge in [0.25, 0.3) is 0 Å². The molecule has 7 heteroatoms. The molecule has 0 bridgehead atoms. The van der Waals surface area contributed by atoms with Gasteiger partial charge in [0.05, 0.1) is 17.8 Å². The van der Waals surface area contributed by atoms with E-state index in [9.17, 15) is 4.79 Å². The number of aromatic nitrogens is 2. The quantitative estimate of drug-likeness (QED) is 0.734. The van der Waals surface area contributed by atoms with Crippen LogP contribution in [0.1, 0.15) is 5.56 Å². The number of carbonyl (C=O) groups is 1. The third-order valence-corrected chi connectivity index (χ3v) is 5.62. The number of carbonyl (C=O) groups excluding carboxylic acids is 1. The number of hydrogen-bond donors (Lipinski definition) is 1. The molecule has 1 aromatic heterocycles. The predicted molar refractivity (Wildman–Crippen MR) is 113 cm³/mol. The maximum absolute atomic E-state index is 12.7. The van der Waals surface area contributed by atoms with Crippen LogP contribution in [0.4, 0.5) is 5.69 Å². The molecular weight excluding hydrogens is 374 g/mol. The zero-order valence-electron chi connectivity index (χ0n) is 15.9. The Bertz CT molecular complexity index is 976. The van der Waals surface area contributed by atoms with Gasteiger partial charge in [0.2, 0.25) is 5.91 Å². The first-order valence-electron chi connectivity index (χ1n) is 9.47. The van der Waals surface area contributed by atoms with E-state index in [1.807, 2.05) is 47.1 Å². The monoisotopic (exact) mass is 397 g/mol. The van der Waals surface area contributed by atoms with Gasteiger partial charge in [0.1, 0.15) is 0 Å². The van der Waals surface area contributed by atoms with E-state index in [4.69, 9.17) is 17.3 Å². The highest BCUT2D eigenvalue weighted by atomic mass is 35.5. The van der Waals surface area contributed by atoms with Gasteiger partial charge < -0.3 is 15.5 Å². The van der Waals surface area contributed by atoms with Crippen molar-refractivity contribution in [2.24, 2.45) is 12.8 Å². The van der Waals surface area contributed by atoms with Crippen molar-refractivity contribution in [3.63, 3.8) is 0 Å². The normalized spacial score (nSPS) is 15.8. The van der Waals surface area contributed by atoms with Gasteiger partial charge in [-0.2, -0.15) is 5.10 Å². The number of anilines is 1. The van der Waals surface area contributed by atoms with Crippen LogP contribution in [0.3, 0.4) is 0 Å². The second kappa shape index (κ2) is 7.81. The molecule has 0 spiro atoms. The number of fused-ring (bicyclic) bond motifs is 1. The number of nitrogens with two attached hydrogens (primary N) is 1. The lowest BCUT2D eigenvalue weighted by molar-refractivity contribution is -0.132. The zero-order valence-corrected chi connectivity index (χ0v) is 16.6. The minimum atomic E-state index is -0.528. The average molecular weight is 398 g/mol. The van der Waals surface area contributed by atoms with Crippen LogP contribution >= 0.6 is 11.6 Å². The van der Waals surface area contributed by atoms with E-state index in [0.29, 0.717) is 24.5 Å². The first-order valence-corrected chi connectivity index (χ1v) is 9.84. The molecule has 146 valence electrons. The summed E-state index contributed by atoms with van der Waals surface area (Å²) >= 11 is 5.91. The summed E-state index contributed by atoms with van der Waals surface area (Å²) in [6.07, 6.45) is 2.41. The minimum absolute atomic E-state index is 0.0114. The Labute approximate surface area is 169 Å². The highest BCUT2D eigenvalue weighted by molar-refractivity contribution is 6.30. The van der Waals surface area contributed by atoms with Gasteiger partial charge in [-0.25, -0.2) is 0 Å². The summed E-state index contributed by atoms with van der Waals surface area (Å²) in [5.41, 5.74) is 9.48. The highest BCUT2D eigenvalue weighted by Gasteiger charge is 2.25. The van der Waals surface area contributed by atoms with Crippen LogP contribution < -0.4 is 10.6 Å². The summed E-state index contributed by atoms with van der Waals surface area (Å²) in [7, 11) is 1.94. The van der Waals surface area contributed by atoms with Crippen molar-refractivity contribution in [2.75, 3.05) is 31.1 Å². The van der Waals surface area contributed by atoms with Crippen molar-refractivity contribution < 1.29 is 4.79 Å². The second-order valence-electron chi connectivity index (χ2n) is 7.26. The zero-order chi connectivity index (χ0) is 19.7. The van der Waals surface area contributed by atoms with E-state index in [-0.39, 0.29) is 5.91 Å². The number of rotatable bonds is 4. The summed E-state index contributed by atoms with van der Waals surface area (Å²) < 4.78 is 1.87. The fourth-order valence-corrected chi connectivity index (χ4v) is 3.85. The molecule has 1 atom stereocenters. The molecule has 1 aliphatic rings. The molecule has 1 fully saturated rings. The lowest BCUT2D eigenvalue weighted by Gasteiger charge is -2.37. The van der Waals surface area contributed by atoms with Crippen molar-refractivity contribution in [3.05, 3.63) is 59.2 Å². The molecule has 4 rings (SSSR count). The van der Waals surface area contributed by atoms with Crippen molar-refractivity contribution in [2.45, 2.75) is 12.5 Å². The van der Waals surface area contributed by atoms with Crippen LogP contribution in [0.2, 0.25) is 5.02 Å².